The highest BCUT2D eigenvalue weighted by molar-refractivity contribution is 6.24. The van der Waals surface area contributed by atoms with E-state index in [0.717, 1.165) is 33.7 Å². The third-order valence-electron chi connectivity index (χ3n) is 5.23. The number of nitrogens with one attached hydrogen (secondary N) is 1. The molecule has 0 aliphatic rings. The molecule has 4 rings (SSSR count). The van der Waals surface area contributed by atoms with Gasteiger partial charge in [-0.1, -0.05) is 60.7 Å². The molecule has 5 nitrogen and oxygen atoms in total. The van der Waals surface area contributed by atoms with E-state index in [0.29, 0.717) is 18.7 Å². The van der Waals surface area contributed by atoms with E-state index in [4.69, 9.17) is 4.74 Å². The summed E-state index contributed by atoms with van der Waals surface area (Å²) in [4.78, 5) is 17.8. The van der Waals surface area contributed by atoms with Crippen LogP contribution in [-0.4, -0.2) is 29.1 Å². The summed E-state index contributed by atoms with van der Waals surface area (Å²) in [5, 5.41) is 3.07. The Morgan fingerprint density at radius 2 is 1.71 bits per heavy atom. The van der Waals surface area contributed by atoms with Crippen molar-refractivity contribution >= 4 is 28.6 Å². The van der Waals surface area contributed by atoms with Crippen LogP contribution in [0.25, 0.3) is 22.7 Å². The maximum Gasteiger partial charge on any atom is 0.251 e. The van der Waals surface area contributed by atoms with Crippen molar-refractivity contribution in [1.82, 2.24) is 14.9 Å². The fraction of sp³-hybridized carbons (Fsp3) is 0.154. The van der Waals surface area contributed by atoms with Crippen LogP contribution in [0.5, 0.6) is 5.75 Å². The number of nitrogens with zero attached hydrogens (tertiary/aromatic N) is 2. The van der Waals surface area contributed by atoms with Crippen LogP contribution in [0.1, 0.15) is 17.0 Å². The fourth-order valence-corrected chi connectivity index (χ4v) is 3.69. The number of aromatic nitrogens is 2. The Morgan fingerprint density at radius 3 is 2.52 bits per heavy atom. The minimum atomic E-state index is -0.126. The summed E-state index contributed by atoms with van der Waals surface area (Å²) >= 11 is 0. The Balaban J connectivity index is 1.56. The van der Waals surface area contributed by atoms with Crippen LogP contribution in [0.15, 0.2) is 78.9 Å². The predicted octanol–water partition coefficient (Wildman–Crippen LogP) is 4.71. The highest BCUT2D eigenvalue weighted by Crippen LogP contribution is 2.25. The average Bonchev–Trinajstić information content (AvgIpc) is 3.13. The van der Waals surface area contributed by atoms with Gasteiger partial charge in [-0.2, -0.15) is 0 Å². The van der Waals surface area contributed by atoms with E-state index in [9.17, 15) is 4.79 Å². The molecule has 0 fully saturated rings. The monoisotopic (exact) mass is 411 g/mol. The van der Waals surface area contributed by atoms with Crippen molar-refractivity contribution in [3.8, 4) is 5.75 Å². The largest absolute Gasteiger partial charge is 0.496 e. The van der Waals surface area contributed by atoms with Gasteiger partial charge in [-0.25, -0.2) is 4.98 Å². The number of methoxy groups -OCH3 is 1. The number of hydrogen-bond donors (Lipinski definition) is 1. The molecule has 0 atom stereocenters. The van der Waals surface area contributed by atoms with Gasteiger partial charge >= 0.3 is 0 Å². The molecule has 0 spiro atoms. The standard InChI is InChI=1S/C26H25N3O2/c1-19-28-23-13-7-8-14-24(23)29(19)17-16-27-26(30)22(20-10-4-3-5-11-20)18-21-12-6-9-15-25(21)31-2/h3-15,18H,16-17H2,1-2H3,(H,27,30)/b22-18+. The van der Waals surface area contributed by atoms with Gasteiger partial charge in [0.25, 0.3) is 5.91 Å². The number of para-hydroxylation sites is 3. The summed E-state index contributed by atoms with van der Waals surface area (Å²) in [7, 11) is 1.63. The molecule has 1 N–H and O–H groups in total. The molecule has 3 aromatic carbocycles. The zero-order valence-electron chi connectivity index (χ0n) is 17.7. The Labute approximate surface area is 182 Å². The lowest BCUT2D eigenvalue weighted by atomic mass is 10.0. The van der Waals surface area contributed by atoms with Gasteiger partial charge in [0.2, 0.25) is 0 Å². The van der Waals surface area contributed by atoms with Crippen molar-refractivity contribution < 1.29 is 9.53 Å². The molecular weight excluding hydrogens is 386 g/mol. The van der Waals surface area contributed by atoms with Gasteiger partial charge < -0.3 is 14.6 Å². The number of benzene rings is 3. The fourth-order valence-electron chi connectivity index (χ4n) is 3.69. The van der Waals surface area contributed by atoms with Gasteiger partial charge in [-0.3, -0.25) is 4.79 Å². The van der Waals surface area contributed by atoms with Gasteiger partial charge in [0.05, 0.1) is 18.1 Å². The molecule has 0 aliphatic carbocycles. The van der Waals surface area contributed by atoms with Crippen LogP contribution >= 0.6 is 0 Å². The molecule has 156 valence electrons. The minimum Gasteiger partial charge on any atom is -0.496 e. The highest BCUT2D eigenvalue weighted by atomic mass is 16.5. The first-order valence-electron chi connectivity index (χ1n) is 10.3. The topological polar surface area (TPSA) is 56.1 Å². The van der Waals surface area contributed by atoms with Gasteiger partial charge in [0.1, 0.15) is 11.6 Å². The number of carbonyl (C=O) groups excluding carboxylic acids is 1. The maximum absolute atomic E-state index is 13.2. The Hall–Kier alpha value is -3.86. The molecule has 1 heterocycles. The normalized spacial score (nSPS) is 11.5. The zero-order chi connectivity index (χ0) is 21.6. The number of aryl methyl sites for hydroxylation is 1. The number of imidazole rings is 1. The first kappa shape index (κ1) is 20.4. The number of carbonyl (C=O) groups is 1. The smallest absolute Gasteiger partial charge is 0.251 e. The van der Waals surface area contributed by atoms with Crippen molar-refractivity contribution in [1.29, 1.82) is 0 Å². The van der Waals surface area contributed by atoms with E-state index < -0.39 is 0 Å². The molecule has 31 heavy (non-hydrogen) atoms. The van der Waals surface area contributed by atoms with Crippen molar-refractivity contribution in [2.24, 2.45) is 0 Å². The molecule has 0 aliphatic heterocycles. The van der Waals surface area contributed by atoms with Crippen molar-refractivity contribution in [3.63, 3.8) is 0 Å². The molecule has 0 saturated heterocycles. The predicted molar refractivity (Wildman–Crippen MR) is 125 cm³/mol. The molecule has 0 unspecified atom stereocenters. The van der Waals surface area contributed by atoms with E-state index >= 15 is 0 Å². The first-order chi connectivity index (χ1) is 15.2. The Morgan fingerprint density at radius 1 is 1.00 bits per heavy atom. The van der Waals surface area contributed by atoms with E-state index in [2.05, 4.69) is 14.9 Å². The van der Waals surface area contributed by atoms with Crippen LogP contribution in [0.4, 0.5) is 0 Å². The molecule has 1 aromatic heterocycles. The first-order valence-corrected chi connectivity index (χ1v) is 10.3. The number of amides is 1. The Kier molecular flexibility index (Phi) is 6.13. The highest BCUT2D eigenvalue weighted by Gasteiger charge is 2.14. The lowest BCUT2D eigenvalue weighted by molar-refractivity contribution is -0.115. The second-order valence-corrected chi connectivity index (χ2v) is 7.22. The van der Waals surface area contributed by atoms with E-state index in [1.165, 1.54) is 0 Å². The molecular formula is C26H25N3O2. The second kappa shape index (κ2) is 9.30. The lowest BCUT2D eigenvalue weighted by Crippen LogP contribution is -2.28. The molecule has 1 amide bonds. The summed E-state index contributed by atoms with van der Waals surface area (Å²) < 4.78 is 7.59. The summed E-state index contributed by atoms with van der Waals surface area (Å²) in [6.07, 6.45) is 1.88. The van der Waals surface area contributed by atoms with Crippen molar-refractivity contribution in [2.75, 3.05) is 13.7 Å². The Bertz CT molecular complexity index is 1230. The zero-order valence-corrected chi connectivity index (χ0v) is 17.7. The van der Waals surface area contributed by atoms with Crippen molar-refractivity contribution in [2.45, 2.75) is 13.5 Å². The van der Waals surface area contributed by atoms with Crippen LogP contribution in [0.2, 0.25) is 0 Å². The summed E-state index contributed by atoms with van der Waals surface area (Å²) in [5.41, 5.74) is 4.34. The van der Waals surface area contributed by atoms with E-state index in [-0.39, 0.29) is 5.91 Å². The third-order valence-corrected chi connectivity index (χ3v) is 5.23. The van der Waals surface area contributed by atoms with Crippen LogP contribution < -0.4 is 10.1 Å². The number of hydrogen-bond acceptors (Lipinski definition) is 3. The molecule has 4 aromatic rings. The third kappa shape index (κ3) is 4.51. The van der Waals surface area contributed by atoms with E-state index in [1.54, 1.807) is 7.11 Å². The number of rotatable bonds is 7. The summed E-state index contributed by atoms with van der Waals surface area (Å²) in [5.74, 6) is 1.53. The number of ether oxygens (including phenoxy) is 1. The SMILES string of the molecule is COc1ccccc1/C=C(/C(=O)NCCn1c(C)nc2ccccc21)c1ccccc1. The van der Waals surface area contributed by atoms with Crippen LogP contribution in [0.3, 0.4) is 0 Å². The second-order valence-electron chi connectivity index (χ2n) is 7.22. The molecule has 0 saturated carbocycles. The summed E-state index contributed by atoms with van der Waals surface area (Å²) in [6, 6.07) is 25.4. The lowest BCUT2D eigenvalue weighted by Gasteiger charge is -2.12. The van der Waals surface area contributed by atoms with Crippen molar-refractivity contribution in [3.05, 3.63) is 95.8 Å². The summed E-state index contributed by atoms with van der Waals surface area (Å²) in [6.45, 7) is 3.13. The van der Waals surface area contributed by atoms with Gasteiger partial charge in [0, 0.05) is 24.2 Å². The van der Waals surface area contributed by atoms with E-state index in [1.807, 2.05) is 91.9 Å². The average molecular weight is 412 g/mol. The maximum atomic E-state index is 13.2. The van der Waals surface area contributed by atoms with Gasteiger partial charge in [-0.15, -0.1) is 0 Å². The quantitative estimate of drug-likeness (QED) is 0.354. The molecule has 5 heteroatoms. The minimum absolute atomic E-state index is 0.126. The van der Waals surface area contributed by atoms with Gasteiger partial charge in [-0.05, 0) is 36.8 Å². The van der Waals surface area contributed by atoms with Crippen LogP contribution in [0, 0.1) is 6.92 Å². The van der Waals surface area contributed by atoms with Crippen LogP contribution in [-0.2, 0) is 11.3 Å². The number of fused-ring (bicyclic) bond motifs is 1. The molecule has 0 radical (unpaired) electrons. The van der Waals surface area contributed by atoms with Gasteiger partial charge in [0.15, 0.2) is 0 Å². The molecule has 0 bridgehead atoms.